The molecule has 0 aliphatic carbocycles. The zero-order valence-electron chi connectivity index (χ0n) is 12.8. The van der Waals surface area contributed by atoms with E-state index in [0.717, 1.165) is 5.52 Å². The first-order chi connectivity index (χ1) is 11.7. The number of imidazole rings is 1. The Kier molecular flexibility index (Phi) is 3.31. The number of nitrogens with one attached hydrogen (secondary N) is 1. The van der Waals surface area contributed by atoms with E-state index in [-0.39, 0.29) is 5.91 Å². The summed E-state index contributed by atoms with van der Waals surface area (Å²) in [5.41, 5.74) is 3.32. The first-order valence-electron chi connectivity index (χ1n) is 7.29. The number of carbonyl (C=O) groups excluding carboxylic acids is 1. The van der Waals surface area contributed by atoms with E-state index in [4.69, 9.17) is 4.74 Å². The van der Waals surface area contributed by atoms with Gasteiger partial charge in [0.25, 0.3) is 5.91 Å². The lowest BCUT2D eigenvalue weighted by atomic mass is 10.2. The summed E-state index contributed by atoms with van der Waals surface area (Å²) in [7, 11) is 1.54. The standard InChI is InChI=1S/C17H13N5O2/c1-24-15-5-4-12(10-19-15)20-17(23)11-6-8-22-13-3-2-7-18-16(13)21-14(22)9-11/h2-10H,1H3,(H,20,23). The minimum absolute atomic E-state index is 0.232. The molecule has 0 saturated heterocycles. The SMILES string of the molecule is COc1ccc(NC(=O)c2ccn3c(c2)nc2ncccc23)cn1. The smallest absolute Gasteiger partial charge is 0.255 e. The lowest BCUT2D eigenvalue weighted by molar-refractivity contribution is 0.102. The summed E-state index contributed by atoms with van der Waals surface area (Å²) in [4.78, 5) is 25.1. The normalized spacial score (nSPS) is 10.9. The molecule has 0 radical (unpaired) electrons. The molecule has 0 bridgehead atoms. The van der Waals surface area contributed by atoms with Gasteiger partial charge in [-0.3, -0.25) is 9.20 Å². The molecule has 1 N–H and O–H groups in total. The third-order valence-corrected chi connectivity index (χ3v) is 3.65. The minimum atomic E-state index is -0.232. The second-order valence-electron chi connectivity index (χ2n) is 5.14. The molecular weight excluding hydrogens is 306 g/mol. The van der Waals surface area contributed by atoms with Gasteiger partial charge >= 0.3 is 0 Å². The lowest BCUT2D eigenvalue weighted by Crippen LogP contribution is -2.12. The van der Waals surface area contributed by atoms with Crippen molar-refractivity contribution in [2.24, 2.45) is 0 Å². The molecule has 0 aromatic carbocycles. The van der Waals surface area contributed by atoms with Gasteiger partial charge in [-0.1, -0.05) is 0 Å². The summed E-state index contributed by atoms with van der Waals surface area (Å²) in [5.74, 6) is 0.260. The van der Waals surface area contributed by atoms with E-state index in [2.05, 4.69) is 20.3 Å². The highest BCUT2D eigenvalue weighted by Crippen LogP contribution is 2.17. The third-order valence-electron chi connectivity index (χ3n) is 3.65. The monoisotopic (exact) mass is 319 g/mol. The van der Waals surface area contributed by atoms with Gasteiger partial charge in [-0.2, -0.15) is 0 Å². The van der Waals surface area contributed by atoms with Crippen LogP contribution in [0.3, 0.4) is 0 Å². The Bertz CT molecular complexity index is 1040. The Balaban J connectivity index is 1.65. The highest BCUT2D eigenvalue weighted by molar-refractivity contribution is 6.04. The van der Waals surface area contributed by atoms with Gasteiger partial charge in [0.1, 0.15) is 5.65 Å². The van der Waals surface area contributed by atoms with Crippen LogP contribution in [0.25, 0.3) is 16.8 Å². The van der Waals surface area contributed by atoms with Crippen LogP contribution in [0, 0.1) is 0 Å². The Morgan fingerprint density at radius 1 is 1.21 bits per heavy atom. The van der Waals surface area contributed by atoms with Gasteiger partial charge in [-0.25, -0.2) is 15.0 Å². The molecule has 4 heterocycles. The van der Waals surface area contributed by atoms with Crippen LogP contribution < -0.4 is 10.1 Å². The van der Waals surface area contributed by atoms with E-state index in [1.807, 2.05) is 22.7 Å². The molecule has 4 aromatic heterocycles. The van der Waals surface area contributed by atoms with Crippen molar-refractivity contribution < 1.29 is 9.53 Å². The third kappa shape index (κ3) is 2.41. The summed E-state index contributed by atoms with van der Waals surface area (Å²) in [6.45, 7) is 0. The first kappa shape index (κ1) is 14.1. The summed E-state index contributed by atoms with van der Waals surface area (Å²) in [6.07, 6.45) is 5.05. The van der Waals surface area contributed by atoms with Gasteiger partial charge < -0.3 is 10.1 Å². The number of ether oxygens (including phenoxy) is 1. The summed E-state index contributed by atoms with van der Waals surface area (Å²) in [6, 6.07) is 10.7. The molecule has 0 saturated carbocycles. The quantitative estimate of drug-likeness (QED) is 0.627. The van der Waals surface area contributed by atoms with Gasteiger partial charge in [0.05, 0.1) is 24.5 Å². The van der Waals surface area contributed by atoms with Crippen molar-refractivity contribution in [2.45, 2.75) is 0 Å². The molecule has 0 aliphatic rings. The highest BCUT2D eigenvalue weighted by Gasteiger charge is 2.10. The average Bonchev–Trinajstić information content (AvgIpc) is 3.00. The van der Waals surface area contributed by atoms with Crippen molar-refractivity contribution in [2.75, 3.05) is 12.4 Å². The van der Waals surface area contributed by atoms with Crippen LogP contribution in [0.1, 0.15) is 10.4 Å². The number of pyridine rings is 3. The van der Waals surface area contributed by atoms with Crippen molar-refractivity contribution in [1.82, 2.24) is 19.4 Å². The van der Waals surface area contributed by atoms with Gasteiger partial charge in [-0.05, 0) is 30.3 Å². The number of methoxy groups -OCH3 is 1. The number of hydrogen-bond acceptors (Lipinski definition) is 5. The largest absolute Gasteiger partial charge is 0.481 e. The molecule has 4 aromatic rings. The fourth-order valence-electron chi connectivity index (χ4n) is 2.47. The predicted octanol–water partition coefficient (Wildman–Crippen LogP) is 2.54. The summed E-state index contributed by atoms with van der Waals surface area (Å²) < 4.78 is 6.89. The van der Waals surface area contributed by atoms with E-state index in [1.165, 1.54) is 0 Å². The van der Waals surface area contributed by atoms with Crippen LogP contribution in [0.2, 0.25) is 0 Å². The fourth-order valence-corrected chi connectivity index (χ4v) is 2.47. The lowest BCUT2D eigenvalue weighted by Gasteiger charge is -2.06. The van der Waals surface area contributed by atoms with Gasteiger partial charge in [0, 0.05) is 24.0 Å². The number of rotatable bonds is 3. The van der Waals surface area contributed by atoms with Crippen LogP contribution in [0.15, 0.2) is 55.0 Å². The molecule has 0 fully saturated rings. The van der Waals surface area contributed by atoms with Crippen LogP contribution in [0.4, 0.5) is 5.69 Å². The zero-order chi connectivity index (χ0) is 16.5. The van der Waals surface area contributed by atoms with Crippen LogP contribution in [-0.2, 0) is 0 Å². The maximum absolute atomic E-state index is 12.4. The summed E-state index contributed by atoms with van der Waals surface area (Å²) in [5, 5.41) is 2.80. The van der Waals surface area contributed by atoms with Crippen LogP contribution in [0.5, 0.6) is 5.88 Å². The molecule has 4 rings (SSSR count). The van der Waals surface area contributed by atoms with Crippen molar-refractivity contribution in [1.29, 1.82) is 0 Å². The number of carbonyl (C=O) groups is 1. The van der Waals surface area contributed by atoms with Crippen molar-refractivity contribution in [3.63, 3.8) is 0 Å². The van der Waals surface area contributed by atoms with Crippen LogP contribution in [-0.4, -0.2) is 32.4 Å². The number of anilines is 1. The highest BCUT2D eigenvalue weighted by atomic mass is 16.5. The zero-order valence-corrected chi connectivity index (χ0v) is 12.8. The molecular formula is C17H13N5O2. The van der Waals surface area contributed by atoms with E-state index in [1.54, 1.807) is 43.8 Å². The average molecular weight is 319 g/mol. The maximum atomic E-state index is 12.4. The van der Waals surface area contributed by atoms with E-state index >= 15 is 0 Å². The van der Waals surface area contributed by atoms with E-state index < -0.39 is 0 Å². The topological polar surface area (TPSA) is 81.4 Å². The molecule has 0 aliphatic heterocycles. The molecule has 118 valence electrons. The molecule has 1 amide bonds. The fraction of sp³-hybridized carbons (Fsp3) is 0.0588. The molecule has 7 nitrogen and oxygen atoms in total. The van der Waals surface area contributed by atoms with Crippen molar-refractivity contribution in [3.05, 3.63) is 60.6 Å². The second kappa shape index (κ2) is 5.62. The Morgan fingerprint density at radius 3 is 2.92 bits per heavy atom. The number of nitrogens with zero attached hydrogens (tertiary/aromatic N) is 4. The molecule has 0 atom stereocenters. The van der Waals surface area contributed by atoms with Crippen molar-refractivity contribution >= 4 is 28.4 Å². The number of hydrogen-bond donors (Lipinski definition) is 1. The molecule has 7 heteroatoms. The van der Waals surface area contributed by atoms with Crippen molar-refractivity contribution in [3.8, 4) is 5.88 Å². The van der Waals surface area contributed by atoms with Gasteiger partial charge in [0.2, 0.25) is 5.88 Å². The van der Waals surface area contributed by atoms with Gasteiger partial charge in [-0.15, -0.1) is 0 Å². The van der Waals surface area contributed by atoms with E-state index in [9.17, 15) is 4.79 Å². The molecule has 0 spiro atoms. The number of fused-ring (bicyclic) bond motifs is 3. The predicted molar refractivity (Wildman–Crippen MR) is 89.2 cm³/mol. The van der Waals surface area contributed by atoms with Crippen LogP contribution >= 0.6 is 0 Å². The minimum Gasteiger partial charge on any atom is -0.481 e. The molecule has 0 unspecified atom stereocenters. The molecule has 24 heavy (non-hydrogen) atoms. The van der Waals surface area contributed by atoms with Gasteiger partial charge in [0.15, 0.2) is 5.65 Å². The first-order valence-corrected chi connectivity index (χ1v) is 7.29. The number of amides is 1. The van der Waals surface area contributed by atoms with E-state index in [0.29, 0.717) is 28.4 Å². The second-order valence-corrected chi connectivity index (χ2v) is 5.14. The maximum Gasteiger partial charge on any atom is 0.255 e. The Morgan fingerprint density at radius 2 is 2.12 bits per heavy atom. The Labute approximate surface area is 137 Å². The Hall–Kier alpha value is -3.48. The number of aromatic nitrogens is 4. The summed E-state index contributed by atoms with van der Waals surface area (Å²) >= 11 is 0.